The lowest BCUT2D eigenvalue weighted by Crippen LogP contribution is -2.61. The Balaban J connectivity index is 1.12. The highest BCUT2D eigenvalue weighted by molar-refractivity contribution is 7.00. The topological polar surface area (TPSA) is 34.6 Å². The zero-order valence-corrected chi connectivity index (χ0v) is 49.7. The number of benzene rings is 13. The quantitative estimate of drug-likeness (QED) is 0.101. The summed E-state index contributed by atoms with van der Waals surface area (Å²) in [5.74, 6) is 0. The fourth-order valence-corrected chi connectivity index (χ4v) is 13.4. The van der Waals surface area contributed by atoms with E-state index in [9.17, 15) is 5.26 Å². The van der Waals surface area contributed by atoms with Crippen LogP contribution in [0.25, 0.3) is 93.9 Å². The Morgan fingerprint density at radius 2 is 0.652 bits per heavy atom. The molecule has 0 atom stereocenters. The van der Waals surface area contributed by atoms with Crippen LogP contribution in [0.3, 0.4) is 0 Å². The van der Waals surface area contributed by atoms with Gasteiger partial charge in [0.1, 0.15) is 0 Å². The molecule has 15 rings (SSSR count). The summed E-state index contributed by atoms with van der Waals surface area (Å²) in [5, 5.41) is 9.97. The van der Waals surface area contributed by atoms with E-state index in [-0.39, 0.29) is 12.1 Å². The van der Waals surface area contributed by atoms with Gasteiger partial charge in [-0.1, -0.05) is 263 Å². The summed E-state index contributed by atoms with van der Waals surface area (Å²) < 4.78 is 0. The van der Waals surface area contributed by atoms with Gasteiger partial charge in [0.2, 0.25) is 0 Å². The average molecular weight is 1140 g/mol. The fraction of sp³-hybridized carbons (Fsp3) is 0.0476. The van der Waals surface area contributed by atoms with Gasteiger partial charge in [0, 0.05) is 45.0 Å². The van der Waals surface area contributed by atoms with Crippen molar-refractivity contribution in [2.24, 2.45) is 0 Å². The number of hydrogen-bond donors (Lipinski definition) is 0. The molecule has 0 aliphatic carbocycles. The van der Waals surface area contributed by atoms with Crippen molar-refractivity contribution in [2.45, 2.75) is 26.2 Å². The first-order valence-corrected chi connectivity index (χ1v) is 30.4. The molecule has 89 heavy (non-hydrogen) atoms. The van der Waals surface area contributed by atoms with E-state index < -0.39 is 0 Å². The monoisotopic (exact) mass is 1130 g/mol. The van der Waals surface area contributed by atoms with Crippen molar-refractivity contribution in [3.8, 4) is 95.1 Å². The van der Waals surface area contributed by atoms with Gasteiger partial charge in [-0.15, -0.1) is 0 Å². The van der Waals surface area contributed by atoms with Crippen molar-refractivity contribution >= 4 is 62.9 Å². The van der Waals surface area contributed by atoms with E-state index in [0.29, 0.717) is 11.3 Å². The van der Waals surface area contributed by atoms with Crippen molar-refractivity contribution in [1.82, 2.24) is 0 Å². The minimum Gasteiger partial charge on any atom is -0.310 e. The molecule has 0 amide bonds. The minimum absolute atomic E-state index is 0.238. The molecule has 0 spiro atoms. The lowest BCUT2D eigenvalue weighted by molar-refractivity contribution is 0.590. The SMILES string of the molecule is [C-]#[N+]c1ccc(-c2cc(-c3ccccc3)c(N3c4ccc(-c5ccccc5)cc4B4c5cc(-c6ccccc6)ccc5N(c5c(-c6ccccc6)cc(-c6ccc(C#N)cc6)cc5-c5ccccc5)c5cc(C(C)(C)C)cc3c54)c(-c3ccccc3)c2)cc1. The first-order chi connectivity index (χ1) is 43.7. The van der Waals surface area contributed by atoms with Crippen LogP contribution in [0.2, 0.25) is 0 Å². The highest BCUT2D eigenvalue weighted by Crippen LogP contribution is 2.55. The molecular formula is C84H59BN4. The van der Waals surface area contributed by atoms with Gasteiger partial charge in [0.25, 0.3) is 6.71 Å². The smallest absolute Gasteiger partial charge is 0.252 e. The number of hydrogen-bond acceptors (Lipinski definition) is 3. The van der Waals surface area contributed by atoms with Crippen molar-refractivity contribution in [3.05, 3.63) is 326 Å². The second kappa shape index (κ2) is 22.4. The van der Waals surface area contributed by atoms with Gasteiger partial charge in [0.05, 0.1) is 29.6 Å². The molecule has 0 fully saturated rings. The molecule has 0 radical (unpaired) electrons. The maximum atomic E-state index is 9.97. The maximum absolute atomic E-state index is 9.97. The van der Waals surface area contributed by atoms with Crippen LogP contribution in [0.1, 0.15) is 31.9 Å². The van der Waals surface area contributed by atoms with Crippen molar-refractivity contribution in [3.63, 3.8) is 0 Å². The predicted octanol–water partition coefficient (Wildman–Crippen LogP) is 20.8. The summed E-state index contributed by atoms with van der Waals surface area (Å²) >= 11 is 0. The Kier molecular flexibility index (Phi) is 13.6. The maximum Gasteiger partial charge on any atom is 0.252 e. The van der Waals surface area contributed by atoms with Crippen LogP contribution >= 0.6 is 0 Å². The molecule has 0 saturated heterocycles. The minimum atomic E-state index is -0.316. The van der Waals surface area contributed by atoms with Gasteiger partial charge in [-0.2, -0.15) is 5.26 Å². The average Bonchev–Trinajstić information content (AvgIpc) is 0.732. The predicted molar refractivity (Wildman–Crippen MR) is 374 cm³/mol. The third-order valence-electron chi connectivity index (χ3n) is 17.8. The van der Waals surface area contributed by atoms with Gasteiger partial charge >= 0.3 is 0 Å². The van der Waals surface area contributed by atoms with Gasteiger partial charge in [0.15, 0.2) is 5.69 Å². The number of anilines is 6. The van der Waals surface area contributed by atoms with E-state index in [1.165, 1.54) is 22.0 Å². The molecule has 4 nitrogen and oxygen atoms in total. The molecular weight excluding hydrogens is 1080 g/mol. The summed E-state index contributed by atoms with van der Waals surface area (Å²) in [4.78, 5) is 9.03. The Labute approximate surface area is 522 Å². The first-order valence-electron chi connectivity index (χ1n) is 30.4. The summed E-state index contributed by atoms with van der Waals surface area (Å²) in [6, 6.07) is 112. The third-order valence-corrected chi connectivity index (χ3v) is 17.8. The summed E-state index contributed by atoms with van der Waals surface area (Å²) in [7, 11) is 0. The standard InChI is InChI=1S/C84H59BN4/c1-84(2,3)69-53-79-81-80(54-69)89(83-73(63-31-19-9-20-32-63)49-68(60-39-43-70(87-4)44-40-60)50-74(83)64-33-21-10-22-34-64)78-46-42-66(58-25-13-6-14-26-58)52-76(78)85(81)75-51-65(57-23-11-5-12-24-57)41-45-77(75)88(79)82-71(61-27-15-7-16-28-61)47-67(59-37-35-56(55-86)36-38-59)48-72(82)62-29-17-8-18-30-62/h5-54H,1-3H3. The molecule has 2 aliphatic heterocycles. The molecule has 2 aliphatic rings. The third kappa shape index (κ3) is 9.77. The summed E-state index contributed by atoms with van der Waals surface area (Å²) in [6.45, 7) is 14.6. The van der Waals surface area contributed by atoms with E-state index >= 15 is 0 Å². The zero-order valence-electron chi connectivity index (χ0n) is 49.7. The van der Waals surface area contributed by atoms with E-state index in [2.05, 4.69) is 321 Å². The molecule has 2 heterocycles. The molecule has 13 aromatic rings. The molecule has 5 heteroatoms. The van der Waals surface area contributed by atoms with Crippen molar-refractivity contribution in [2.75, 3.05) is 9.80 Å². The number of rotatable bonds is 10. The molecule has 0 unspecified atom stereocenters. The van der Waals surface area contributed by atoms with Gasteiger partial charge in [-0.3, -0.25) is 0 Å². The van der Waals surface area contributed by atoms with Crippen LogP contribution in [0.15, 0.2) is 303 Å². The zero-order chi connectivity index (χ0) is 60.2. The van der Waals surface area contributed by atoms with Crippen LogP contribution in [0, 0.1) is 17.9 Å². The molecule has 0 N–H and O–H groups in total. The van der Waals surface area contributed by atoms with E-state index in [1.807, 2.05) is 24.3 Å². The van der Waals surface area contributed by atoms with Gasteiger partial charge < -0.3 is 9.80 Å². The lowest BCUT2D eigenvalue weighted by atomic mass is 9.33. The summed E-state index contributed by atoms with van der Waals surface area (Å²) in [5.41, 5.74) is 29.7. The number of nitrogens with zero attached hydrogens (tertiary/aromatic N) is 4. The van der Waals surface area contributed by atoms with Crippen LogP contribution in [0.5, 0.6) is 0 Å². The lowest BCUT2D eigenvalue weighted by Gasteiger charge is -2.46. The Bertz CT molecular complexity index is 4490. The second-order valence-electron chi connectivity index (χ2n) is 24.2. The number of nitriles is 1. The van der Waals surface area contributed by atoms with Crippen molar-refractivity contribution in [1.29, 1.82) is 5.26 Å². The van der Waals surface area contributed by atoms with Gasteiger partial charge in [-0.25, -0.2) is 4.85 Å². The fourth-order valence-electron chi connectivity index (χ4n) is 13.4. The van der Waals surface area contributed by atoms with Crippen molar-refractivity contribution < 1.29 is 0 Å². The van der Waals surface area contributed by atoms with Crippen LogP contribution < -0.4 is 26.2 Å². The normalized spacial score (nSPS) is 12.1. The highest BCUT2D eigenvalue weighted by Gasteiger charge is 2.46. The molecule has 0 saturated carbocycles. The Morgan fingerprint density at radius 3 is 0.978 bits per heavy atom. The molecule has 0 aromatic heterocycles. The molecule has 418 valence electrons. The largest absolute Gasteiger partial charge is 0.310 e. The molecule has 13 aromatic carbocycles. The Hall–Kier alpha value is -11.5. The van der Waals surface area contributed by atoms with E-state index in [1.54, 1.807) is 0 Å². The summed E-state index contributed by atoms with van der Waals surface area (Å²) in [6.07, 6.45) is 0. The van der Waals surface area contributed by atoms with Crippen LogP contribution in [-0.4, -0.2) is 6.71 Å². The second-order valence-corrected chi connectivity index (χ2v) is 24.2. The number of fused-ring (bicyclic) bond motifs is 4. The Morgan fingerprint density at radius 1 is 0.337 bits per heavy atom. The van der Waals surface area contributed by atoms with Crippen LogP contribution in [-0.2, 0) is 5.41 Å². The highest BCUT2D eigenvalue weighted by atomic mass is 15.2. The van der Waals surface area contributed by atoms with Crippen LogP contribution in [0.4, 0.5) is 39.8 Å². The molecule has 0 bridgehead atoms. The van der Waals surface area contributed by atoms with E-state index in [4.69, 9.17) is 6.57 Å². The van der Waals surface area contributed by atoms with E-state index in [0.717, 1.165) is 123 Å². The van der Waals surface area contributed by atoms with Gasteiger partial charge in [-0.05, 0) is 155 Å². The first kappa shape index (κ1) is 54.2.